The fourth-order valence-electron chi connectivity index (χ4n) is 5.52. The number of nitrogens with zero attached hydrogens (tertiary/aromatic N) is 1. The number of aryl methyl sites for hydroxylation is 2. The van der Waals surface area contributed by atoms with Crippen molar-refractivity contribution in [3.05, 3.63) is 93.2 Å². The Labute approximate surface area is 242 Å². The molecule has 0 amide bonds. The molecule has 0 bridgehead atoms. The van der Waals surface area contributed by atoms with Crippen molar-refractivity contribution in [1.82, 2.24) is 4.98 Å². The minimum Gasteiger partial charge on any atom is -0.496 e. The standard InChI is InChI=1S/C34H30FNO4S/c1-5-27(37)31-26-15-22(8-11-29(26)40-32(31)21-6-9-23(35)10-7-21)24-16-25(30(39-4)14-19(24)2)28(38)17-34(12-13-34)33-36-18-20(3)41-33/h6-11,14-16,18H,5,12-13,17H2,1-4H3. The predicted octanol–water partition coefficient (Wildman–Crippen LogP) is 8.89. The number of Topliss-reactive ketones (excluding diaryl/α,β-unsaturated/α-hetero) is 2. The summed E-state index contributed by atoms with van der Waals surface area (Å²) in [6.07, 6.45) is 4.46. The Hall–Kier alpha value is -4.10. The van der Waals surface area contributed by atoms with Crippen LogP contribution in [0.25, 0.3) is 33.4 Å². The maximum Gasteiger partial charge on any atom is 0.167 e. The molecule has 1 fully saturated rings. The van der Waals surface area contributed by atoms with Gasteiger partial charge < -0.3 is 9.15 Å². The first kappa shape index (κ1) is 27.1. The van der Waals surface area contributed by atoms with Crippen LogP contribution < -0.4 is 4.74 Å². The summed E-state index contributed by atoms with van der Waals surface area (Å²) in [7, 11) is 1.58. The SMILES string of the molecule is CCC(=O)c1c(-c2ccc(F)cc2)oc2ccc(-c3cc(C(=O)CC4(c5ncc(C)s5)CC4)c(OC)cc3C)cc12. The zero-order chi connectivity index (χ0) is 28.9. The Bertz CT molecular complexity index is 1810. The first-order chi connectivity index (χ1) is 19.7. The van der Waals surface area contributed by atoms with Crippen LogP contribution in [0.1, 0.15) is 68.8 Å². The molecule has 208 valence electrons. The maximum atomic E-state index is 13.7. The van der Waals surface area contributed by atoms with E-state index in [1.54, 1.807) is 30.6 Å². The topological polar surface area (TPSA) is 69.4 Å². The van der Waals surface area contributed by atoms with E-state index in [0.29, 0.717) is 52.0 Å². The molecule has 6 rings (SSSR count). The molecule has 0 radical (unpaired) electrons. The van der Waals surface area contributed by atoms with Gasteiger partial charge in [0, 0.05) is 40.3 Å². The number of halogens is 1. The number of benzene rings is 3. The largest absolute Gasteiger partial charge is 0.496 e. The number of aromatic nitrogens is 1. The van der Waals surface area contributed by atoms with Crippen LogP contribution in [-0.4, -0.2) is 23.7 Å². The summed E-state index contributed by atoms with van der Waals surface area (Å²) in [4.78, 5) is 32.6. The number of methoxy groups -OCH3 is 1. The molecular formula is C34H30FNO4S. The third-order valence-electron chi connectivity index (χ3n) is 7.98. The van der Waals surface area contributed by atoms with E-state index in [-0.39, 0.29) is 22.8 Å². The van der Waals surface area contributed by atoms with Crippen molar-refractivity contribution < 1.29 is 23.1 Å². The normalized spacial score (nSPS) is 13.9. The Kier molecular flexibility index (Phi) is 6.86. The fraction of sp³-hybridized carbons (Fsp3) is 0.265. The van der Waals surface area contributed by atoms with Crippen LogP contribution in [-0.2, 0) is 5.41 Å². The monoisotopic (exact) mass is 567 g/mol. The summed E-state index contributed by atoms with van der Waals surface area (Å²) in [6, 6.07) is 15.5. The zero-order valence-electron chi connectivity index (χ0n) is 23.5. The van der Waals surface area contributed by atoms with Crippen LogP contribution in [0.5, 0.6) is 5.75 Å². The molecule has 0 N–H and O–H groups in total. The number of carbonyl (C=O) groups excluding carboxylic acids is 2. The maximum absolute atomic E-state index is 13.7. The van der Waals surface area contributed by atoms with E-state index in [1.807, 2.05) is 57.3 Å². The number of furan rings is 1. The predicted molar refractivity (Wildman–Crippen MR) is 160 cm³/mol. The molecule has 2 aromatic heterocycles. The van der Waals surface area contributed by atoms with Crippen LogP contribution in [0.2, 0.25) is 0 Å². The van der Waals surface area contributed by atoms with Gasteiger partial charge in [0.1, 0.15) is 22.9 Å². The average Bonchev–Trinajstić information content (AvgIpc) is 3.44. The van der Waals surface area contributed by atoms with Crippen molar-refractivity contribution in [2.24, 2.45) is 0 Å². The zero-order valence-corrected chi connectivity index (χ0v) is 24.3. The Balaban J connectivity index is 1.43. The number of rotatable bonds is 9. The molecule has 0 saturated heterocycles. The Morgan fingerprint density at radius 1 is 1.02 bits per heavy atom. The van der Waals surface area contributed by atoms with Gasteiger partial charge in [-0.05, 0) is 91.9 Å². The lowest BCUT2D eigenvalue weighted by Crippen LogP contribution is -2.14. The first-order valence-corrected chi connectivity index (χ1v) is 14.6. The number of hydrogen-bond acceptors (Lipinski definition) is 6. The van der Waals surface area contributed by atoms with E-state index in [4.69, 9.17) is 9.15 Å². The Morgan fingerprint density at radius 2 is 1.76 bits per heavy atom. The summed E-state index contributed by atoms with van der Waals surface area (Å²) < 4.78 is 25.4. The van der Waals surface area contributed by atoms with Crippen LogP contribution in [0.15, 0.2) is 65.2 Å². The molecule has 0 spiro atoms. The third-order valence-corrected chi connectivity index (χ3v) is 9.14. The van der Waals surface area contributed by atoms with E-state index >= 15 is 0 Å². The summed E-state index contributed by atoms with van der Waals surface area (Å²) in [5, 5.41) is 1.72. The van der Waals surface area contributed by atoms with Gasteiger partial charge in [-0.15, -0.1) is 11.3 Å². The van der Waals surface area contributed by atoms with Gasteiger partial charge in [0.2, 0.25) is 0 Å². The lowest BCUT2D eigenvalue weighted by atomic mass is 9.90. The quantitative estimate of drug-likeness (QED) is 0.166. The highest BCUT2D eigenvalue weighted by Gasteiger charge is 2.48. The second-order valence-electron chi connectivity index (χ2n) is 10.8. The fourth-order valence-corrected chi connectivity index (χ4v) is 6.53. The van der Waals surface area contributed by atoms with Crippen LogP contribution >= 0.6 is 11.3 Å². The van der Waals surface area contributed by atoms with Crippen molar-refractivity contribution in [3.63, 3.8) is 0 Å². The second-order valence-corrected chi connectivity index (χ2v) is 12.1. The van der Waals surface area contributed by atoms with Crippen molar-refractivity contribution in [3.8, 4) is 28.2 Å². The number of thiazole rings is 1. The molecule has 2 heterocycles. The Morgan fingerprint density at radius 3 is 2.39 bits per heavy atom. The van der Waals surface area contributed by atoms with E-state index < -0.39 is 0 Å². The molecule has 0 unspecified atom stereocenters. The van der Waals surface area contributed by atoms with E-state index in [0.717, 1.165) is 39.4 Å². The summed E-state index contributed by atoms with van der Waals surface area (Å²) in [5.74, 6) is 0.587. The van der Waals surface area contributed by atoms with E-state index in [9.17, 15) is 14.0 Å². The first-order valence-electron chi connectivity index (χ1n) is 13.7. The lowest BCUT2D eigenvalue weighted by molar-refractivity contribution is 0.0964. The summed E-state index contributed by atoms with van der Waals surface area (Å²) in [5.41, 5.74) is 4.73. The molecule has 3 aromatic carbocycles. The smallest absolute Gasteiger partial charge is 0.167 e. The molecule has 1 aliphatic carbocycles. The van der Waals surface area contributed by atoms with Gasteiger partial charge in [0.25, 0.3) is 0 Å². The molecule has 41 heavy (non-hydrogen) atoms. The highest BCUT2D eigenvalue weighted by Crippen LogP contribution is 2.53. The molecule has 0 atom stereocenters. The van der Waals surface area contributed by atoms with Gasteiger partial charge in [-0.3, -0.25) is 9.59 Å². The molecular weight excluding hydrogens is 537 g/mol. The molecule has 1 saturated carbocycles. The molecule has 5 aromatic rings. The summed E-state index contributed by atoms with van der Waals surface area (Å²) >= 11 is 1.66. The number of ether oxygens (including phenoxy) is 1. The minimum absolute atomic E-state index is 0.0262. The van der Waals surface area contributed by atoms with Gasteiger partial charge >= 0.3 is 0 Å². The van der Waals surface area contributed by atoms with Gasteiger partial charge in [-0.25, -0.2) is 9.37 Å². The number of carbonyl (C=O) groups is 2. The van der Waals surface area contributed by atoms with Gasteiger partial charge in [0.05, 0.1) is 23.2 Å². The summed E-state index contributed by atoms with van der Waals surface area (Å²) in [6.45, 7) is 5.83. The highest BCUT2D eigenvalue weighted by molar-refractivity contribution is 7.11. The van der Waals surface area contributed by atoms with Gasteiger partial charge in [0.15, 0.2) is 11.6 Å². The molecule has 5 nitrogen and oxygen atoms in total. The van der Waals surface area contributed by atoms with Crippen molar-refractivity contribution in [1.29, 1.82) is 0 Å². The van der Waals surface area contributed by atoms with E-state index in [2.05, 4.69) is 4.98 Å². The van der Waals surface area contributed by atoms with E-state index in [1.165, 1.54) is 12.1 Å². The number of fused-ring (bicyclic) bond motifs is 1. The molecule has 1 aliphatic rings. The van der Waals surface area contributed by atoms with Crippen LogP contribution in [0.4, 0.5) is 4.39 Å². The van der Waals surface area contributed by atoms with Crippen LogP contribution in [0, 0.1) is 19.7 Å². The van der Waals surface area contributed by atoms with Crippen LogP contribution in [0.3, 0.4) is 0 Å². The third kappa shape index (κ3) is 4.88. The van der Waals surface area contributed by atoms with Gasteiger partial charge in [-0.1, -0.05) is 13.0 Å². The average molecular weight is 568 g/mol. The number of ketones is 2. The lowest BCUT2D eigenvalue weighted by Gasteiger charge is -2.16. The van der Waals surface area contributed by atoms with Gasteiger partial charge in [-0.2, -0.15) is 0 Å². The second kappa shape index (κ2) is 10.4. The van der Waals surface area contributed by atoms with Crippen molar-refractivity contribution >= 4 is 33.9 Å². The number of hydrogen-bond donors (Lipinski definition) is 0. The minimum atomic E-state index is -0.356. The highest BCUT2D eigenvalue weighted by atomic mass is 32.1. The molecule has 7 heteroatoms. The van der Waals surface area contributed by atoms with Crippen molar-refractivity contribution in [2.75, 3.05) is 7.11 Å². The molecule has 0 aliphatic heterocycles. The van der Waals surface area contributed by atoms with Crippen molar-refractivity contribution in [2.45, 2.75) is 51.9 Å².